The number of benzene rings is 3. The molecule has 0 spiro atoms. The molecule has 0 bridgehead atoms. The molecular weight excluding hydrogens is 386 g/mol. The van der Waals surface area contributed by atoms with Gasteiger partial charge in [0.25, 0.3) is 5.91 Å². The van der Waals surface area contributed by atoms with Gasteiger partial charge < -0.3 is 9.32 Å². The summed E-state index contributed by atoms with van der Waals surface area (Å²) in [5.41, 5.74) is 4.61. The first-order chi connectivity index (χ1) is 15.1. The van der Waals surface area contributed by atoms with E-state index >= 15 is 0 Å². The number of amides is 1. The van der Waals surface area contributed by atoms with E-state index in [1.807, 2.05) is 90.7 Å². The highest BCUT2D eigenvalue weighted by Crippen LogP contribution is 2.24. The molecule has 0 aliphatic rings. The van der Waals surface area contributed by atoms with Gasteiger partial charge in [-0.2, -0.15) is 0 Å². The van der Waals surface area contributed by atoms with Crippen LogP contribution in [0.25, 0.3) is 22.9 Å². The highest BCUT2D eigenvalue weighted by Gasteiger charge is 2.17. The van der Waals surface area contributed by atoms with Crippen molar-refractivity contribution in [3.8, 4) is 22.9 Å². The number of rotatable bonds is 7. The standard InChI is InChI=1S/C26H25N3O2/c1-3-17-29(18-20-7-5-4-6-8-20)26(30)23-15-13-22(14-16-23)25-28-27-24(31-25)21-11-9-19(2)10-12-21/h4-16H,3,17-18H2,1-2H3. The van der Waals surface area contributed by atoms with Crippen LogP contribution in [0.4, 0.5) is 0 Å². The fraction of sp³-hybridized carbons (Fsp3) is 0.192. The predicted molar refractivity (Wildman–Crippen MR) is 121 cm³/mol. The van der Waals surface area contributed by atoms with Crippen molar-refractivity contribution in [2.75, 3.05) is 6.54 Å². The molecule has 0 aliphatic heterocycles. The molecule has 4 rings (SSSR count). The lowest BCUT2D eigenvalue weighted by Gasteiger charge is -2.22. The molecule has 156 valence electrons. The van der Waals surface area contributed by atoms with E-state index in [4.69, 9.17) is 4.42 Å². The maximum absolute atomic E-state index is 13.1. The van der Waals surface area contributed by atoms with Crippen LogP contribution in [0.3, 0.4) is 0 Å². The van der Waals surface area contributed by atoms with Crippen molar-refractivity contribution < 1.29 is 9.21 Å². The highest BCUT2D eigenvalue weighted by molar-refractivity contribution is 5.94. The molecule has 0 radical (unpaired) electrons. The lowest BCUT2D eigenvalue weighted by molar-refractivity contribution is 0.0743. The zero-order valence-corrected chi connectivity index (χ0v) is 17.8. The second-order valence-electron chi connectivity index (χ2n) is 7.57. The predicted octanol–water partition coefficient (Wildman–Crippen LogP) is 5.76. The Labute approximate surface area is 182 Å². The van der Waals surface area contributed by atoms with Crippen molar-refractivity contribution in [3.05, 3.63) is 95.6 Å². The van der Waals surface area contributed by atoms with E-state index in [2.05, 4.69) is 17.1 Å². The minimum atomic E-state index is 0.0168. The van der Waals surface area contributed by atoms with E-state index in [0.29, 0.717) is 30.4 Å². The third-order valence-electron chi connectivity index (χ3n) is 5.10. The Hall–Kier alpha value is -3.73. The highest BCUT2D eigenvalue weighted by atomic mass is 16.4. The van der Waals surface area contributed by atoms with E-state index in [9.17, 15) is 4.79 Å². The molecule has 3 aromatic carbocycles. The summed E-state index contributed by atoms with van der Waals surface area (Å²) >= 11 is 0. The molecule has 0 saturated heterocycles. The quantitative estimate of drug-likeness (QED) is 0.388. The fourth-order valence-electron chi connectivity index (χ4n) is 3.42. The van der Waals surface area contributed by atoms with E-state index in [-0.39, 0.29) is 5.91 Å². The molecule has 0 N–H and O–H groups in total. The maximum Gasteiger partial charge on any atom is 0.254 e. The van der Waals surface area contributed by atoms with Crippen LogP contribution in [-0.2, 0) is 6.54 Å². The van der Waals surface area contributed by atoms with Crippen LogP contribution in [-0.4, -0.2) is 27.5 Å². The van der Waals surface area contributed by atoms with Gasteiger partial charge in [0, 0.05) is 29.8 Å². The van der Waals surface area contributed by atoms with Crippen molar-refractivity contribution in [3.63, 3.8) is 0 Å². The van der Waals surface area contributed by atoms with Gasteiger partial charge in [-0.3, -0.25) is 4.79 Å². The monoisotopic (exact) mass is 411 g/mol. The molecule has 0 atom stereocenters. The van der Waals surface area contributed by atoms with Gasteiger partial charge in [-0.25, -0.2) is 0 Å². The molecular formula is C26H25N3O2. The van der Waals surface area contributed by atoms with Gasteiger partial charge in [0.05, 0.1) is 0 Å². The molecule has 0 saturated carbocycles. The summed E-state index contributed by atoms with van der Waals surface area (Å²) < 4.78 is 5.84. The van der Waals surface area contributed by atoms with Gasteiger partial charge in [0.15, 0.2) is 0 Å². The van der Waals surface area contributed by atoms with E-state index < -0.39 is 0 Å². The zero-order chi connectivity index (χ0) is 21.6. The third kappa shape index (κ3) is 4.89. The smallest absolute Gasteiger partial charge is 0.254 e. The number of carbonyl (C=O) groups is 1. The largest absolute Gasteiger partial charge is 0.416 e. The van der Waals surface area contributed by atoms with Crippen molar-refractivity contribution in [2.24, 2.45) is 0 Å². The first kappa shape index (κ1) is 20.5. The Balaban J connectivity index is 1.50. The normalized spacial score (nSPS) is 10.8. The zero-order valence-electron chi connectivity index (χ0n) is 17.8. The summed E-state index contributed by atoms with van der Waals surface area (Å²) in [6, 6.07) is 25.3. The Kier molecular flexibility index (Phi) is 6.22. The van der Waals surface area contributed by atoms with Crippen LogP contribution in [0.15, 0.2) is 83.3 Å². The number of nitrogens with zero attached hydrogens (tertiary/aromatic N) is 3. The molecule has 0 fully saturated rings. The number of aromatic nitrogens is 2. The molecule has 0 unspecified atom stereocenters. The van der Waals surface area contributed by atoms with Gasteiger partial charge in [-0.1, -0.05) is 55.0 Å². The van der Waals surface area contributed by atoms with E-state index in [1.165, 1.54) is 5.56 Å². The van der Waals surface area contributed by atoms with E-state index in [1.54, 1.807) is 0 Å². The molecule has 1 heterocycles. The SMILES string of the molecule is CCCN(Cc1ccccc1)C(=O)c1ccc(-c2nnc(-c3ccc(C)cc3)o2)cc1. The van der Waals surface area contributed by atoms with Crippen LogP contribution in [0.5, 0.6) is 0 Å². The summed E-state index contributed by atoms with van der Waals surface area (Å²) in [7, 11) is 0. The number of aryl methyl sites for hydroxylation is 1. The average Bonchev–Trinajstić information content (AvgIpc) is 3.30. The molecule has 1 amide bonds. The third-order valence-corrected chi connectivity index (χ3v) is 5.10. The summed E-state index contributed by atoms with van der Waals surface area (Å²) in [5.74, 6) is 0.930. The summed E-state index contributed by atoms with van der Waals surface area (Å²) in [6.45, 7) is 5.42. The fourth-order valence-corrected chi connectivity index (χ4v) is 3.42. The summed E-state index contributed by atoms with van der Waals surface area (Å²) in [6.07, 6.45) is 0.903. The molecule has 0 aliphatic carbocycles. The van der Waals surface area contributed by atoms with Crippen molar-refractivity contribution in [1.29, 1.82) is 0 Å². The van der Waals surface area contributed by atoms with Gasteiger partial charge >= 0.3 is 0 Å². The lowest BCUT2D eigenvalue weighted by atomic mass is 10.1. The van der Waals surface area contributed by atoms with Crippen molar-refractivity contribution >= 4 is 5.91 Å². The first-order valence-corrected chi connectivity index (χ1v) is 10.5. The van der Waals surface area contributed by atoms with Gasteiger partial charge in [0.2, 0.25) is 11.8 Å². The van der Waals surface area contributed by atoms with Crippen LogP contribution >= 0.6 is 0 Å². The Morgan fingerprint density at radius 3 is 2.00 bits per heavy atom. The molecule has 5 heteroatoms. The molecule has 4 aromatic rings. The summed E-state index contributed by atoms with van der Waals surface area (Å²) in [4.78, 5) is 15.0. The maximum atomic E-state index is 13.1. The molecule has 1 aromatic heterocycles. The van der Waals surface area contributed by atoms with Crippen LogP contribution < -0.4 is 0 Å². The van der Waals surface area contributed by atoms with Gasteiger partial charge in [-0.15, -0.1) is 10.2 Å². The van der Waals surface area contributed by atoms with Gasteiger partial charge in [-0.05, 0) is 55.3 Å². The number of carbonyl (C=O) groups excluding carboxylic acids is 1. The topological polar surface area (TPSA) is 59.2 Å². The Bertz CT molecular complexity index is 1130. The lowest BCUT2D eigenvalue weighted by Crippen LogP contribution is -2.31. The minimum Gasteiger partial charge on any atom is -0.416 e. The molecule has 31 heavy (non-hydrogen) atoms. The van der Waals surface area contributed by atoms with Crippen LogP contribution in [0.2, 0.25) is 0 Å². The van der Waals surface area contributed by atoms with E-state index in [0.717, 1.165) is 23.1 Å². The van der Waals surface area contributed by atoms with Crippen molar-refractivity contribution in [1.82, 2.24) is 15.1 Å². The number of hydrogen-bond donors (Lipinski definition) is 0. The second kappa shape index (κ2) is 9.39. The average molecular weight is 412 g/mol. The van der Waals surface area contributed by atoms with Crippen molar-refractivity contribution in [2.45, 2.75) is 26.8 Å². The summed E-state index contributed by atoms with van der Waals surface area (Å²) in [5, 5.41) is 8.33. The first-order valence-electron chi connectivity index (χ1n) is 10.5. The Morgan fingerprint density at radius 2 is 1.42 bits per heavy atom. The Morgan fingerprint density at radius 1 is 0.839 bits per heavy atom. The number of hydrogen-bond acceptors (Lipinski definition) is 4. The second-order valence-corrected chi connectivity index (χ2v) is 7.57. The van der Waals surface area contributed by atoms with Gasteiger partial charge in [0.1, 0.15) is 0 Å². The van der Waals surface area contributed by atoms with Crippen LogP contribution in [0, 0.1) is 6.92 Å². The molecule has 5 nitrogen and oxygen atoms in total. The van der Waals surface area contributed by atoms with Crippen LogP contribution in [0.1, 0.15) is 34.8 Å². The minimum absolute atomic E-state index is 0.0168.